The Morgan fingerprint density at radius 3 is 2.29 bits per heavy atom. The second-order valence-electron chi connectivity index (χ2n) is 6.51. The van der Waals surface area contributed by atoms with Gasteiger partial charge in [-0.2, -0.15) is 4.98 Å². The molecule has 0 bridgehead atoms. The van der Waals surface area contributed by atoms with Crippen LogP contribution in [0.25, 0.3) is 11.5 Å². The number of methoxy groups -OCH3 is 1. The highest BCUT2D eigenvalue weighted by Crippen LogP contribution is 2.36. The zero-order valence-corrected chi connectivity index (χ0v) is 16.1. The zero-order valence-electron chi connectivity index (χ0n) is 15.3. The molecular weight excluding hydrogens is 383 g/mol. The molecule has 28 heavy (non-hydrogen) atoms. The first-order valence-electron chi connectivity index (χ1n) is 8.90. The Kier molecular flexibility index (Phi) is 4.80. The van der Waals surface area contributed by atoms with Crippen LogP contribution >= 0.6 is 0 Å². The minimum Gasteiger partial charge on any atom is -0.497 e. The highest BCUT2D eigenvalue weighted by molar-refractivity contribution is 7.91. The van der Waals surface area contributed by atoms with Gasteiger partial charge in [-0.15, -0.1) is 0 Å². The van der Waals surface area contributed by atoms with Gasteiger partial charge in [-0.1, -0.05) is 0 Å². The number of hydrogen-bond acceptors (Lipinski definition) is 6. The molecule has 8 heteroatoms. The number of anilines is 1. The molecule has 0 spiro atoms. The van der Waals surface area contributed by atoms with E-state index in [2.05, 4.69) is 4.98 Å². The van der Waals surface area contributed by atoms with Crippen molar-refractivity contribution in [2.24, 2.45) is 0 Å². The third-order valence-electron chi connectivity index (χ3n) is 4.69. The fraction of sp³-hybridized carbons (Fsp3) is 0.250. The number of aromatic nitrogens is 1. The molecule has 0 aliphatic carbocycles. The average Bonchev–Trinajstić information content (AvgIpc) is 3.38. The molecule has 6 nitrogen and oxygen atoms in total. The zero-order chi connectivity index (χ0) is 19.7. The molecule has 1 fully saturated rings. The van der Waals surface area contributed by atoms with Gasteiger partial charge in [0, 0.05) is 18.7 Å². The Labute approximate surface area is 162 Å². The Morgan fingerprint density at radius 1 is 1.04 bits per heavy atom. The summed E-state index contributed by atoms with van der Waals surface area (Å²) in [6, 6.07) is 11.7. The molecule has 0 N–H and O–H groups in total. The summed E-state index contributed by atoms with van der Waals surface area (Å²) >= 11 is 0. The molecule has 146 valence electrons. The van der Waals surface area contributed by atoms with E-state index < -0.39 is 15.7 Å². The molecule has 1 aliphatic heterocycles. The molecule has 0 amide bonds. The van der Waals surface area contributed by atoms with Gasteiger partial charge in [-0.05, 0) is 61.4 Å². The second-order valence-corrected chi connectivity index (χ2v) is 8.37. The van der Waals surface area contributed by atoms with Crippen LogP contribution in [0.1, 0.15) is 12.8 Å². The standard InChI is InChI=1S/C20H19FN2O4S/c1-26-16-8-4-14(5-9-16)18-22-19(20(27-18)23-12-2-3-13-23)28(24,25)17-10-6-15(21)7-11-17/h4-11H,2-3,12-13H2,1H3. The summed E-state index contributed by atoms with van der Waals surface area (Å²) in [7, 11) is -2.39. The monoisotopic (exact) mass is 402 g/mol. The van der Waals surface area contributed by atoms with Crippen molar-refractivity contribution in [3.63, 3.8) is 0 Å². The molecule has 3 aromatic rings. The average molecular weight is 402 g/mol. The third kappa shape index (κ3) is 3.35. The maximum absolute atomic E-state index is 13.2. The fourth-order valence-electron chi connectivity index (χ4n) is 3.18. The molecule has 1 aromatic heterocycles. The molecule has 2 heterocycles. The largest absolute Gasteiger partial charge is 0.497 e. The number of oxazole rings is 1. The van der Waals surface area contributed by atoms with Crippen LogP contribution < -0.4 is 9.64 Å². The van der Waals surface area contributed by atoms with Crippen molar-refractivity contribution < 1.29 is 22.0 Å². The van der Waals surface area contributed by atoms with E-state index in [1.54, 1.807) is 31.4 Å². The maximum Gasteiger partial charge on any atom is 0.236 e. The highest BCUT2D eigenvalue weighted by Gasteiger charge is 2.32. The molecule has 0 saturated carbocycles. The normalized spacial score (nSPS) is 14.4. The lowest BCUT2D eigenvalue weighted by Crippen LogP contribution is -2.19. The fourth-order valence-corrected chi connectivity index (χ4v) is 4.50. The van der Waals surface area contributed by atoms with Gasteiger partial charge in [0.05, 0.1) is 12.0 Å². The number of benzene rings is 2. The summed E-state index contributed by atoms with van der Waals surface area (Å²) in [6.45, 7) is 1.40. The summed E-state index contributed by atoms with van der Waals surface area (Å²) in [5.74, 6) is 0.616. The van der Waals surface area contributed by atoms with Crippen LogP contribution in [0.3, 0.4) is 0 Å². The molecule has 4 rings (SSSR count). The van der Waals surface area contributed by atoms with Crippen molar-refractivity contribution in [2.75, 3.05) is 25.1 Å². The summed E-state index contributed by atoms with van der Waals surface area (Å²) < 4.78 is 50.7. The summed E-state index contributed by atoms with van der Waals surface area (Å²) in [6.07, 6.45) is 1.91. The van der Waals surface area contributed by atoms with E-state index in [1.807, 2.05) is 4.90 Å². The van der Waals surface area contributed by atoms with Crippen LogP contribution in [0, 0.1) is 5.82 Å². The van der Waals surface area contributed by atoms with Gasteiger partial charge in [-0.25, -0.2) is 12.8 Å². The number of sulfone groups is 1. The smallest absolute Gasteiger partial charge is 0.236 e. The molecule has 0 unspecified atom stereocenters. The summed E-state index contributed by atoms with van der Waals surface area (Å²) in [4.78, 5) is 6.18. The van der Waals surface area contributed by atoms with Gasteiger partial charge < -0.3 is 14.1 Å². The predicted octanol–water partition coefficient (Wildman–Crippen LogP) is 3.92. The molecule has 1 saturated heterocycles. The number of hydrogen-bond donors (Lipinski definition) is 0. The molecule has 0 atom stereocenters. The van der Waals surface area contributed by atoms with Gasteiger partial charge in [0.25, 0.3) is 0 Å². The quantitative estimate of drug-likeness (QED) is 0.603. The lowest BCUT2D eigenvalue weighted by molar-refractivity contribution is 0.415. The number of ether oxygens (including phenoxy) is 1. The maximum atomic E-state index is 13.2. The molecule has 1 aliphatic rings. The van der Waals surface area contributed by atoms with Crippen LogP contribution in [0.15, 0.2) is 62.9 Å². The first-order valence-corrected chi connectivity index (χ1v) is 10.4. The van der Waals surface area contributed by atoms with E-state index in [1.165, 1.54) is 12.1 Å². The van der Waals surface area contributed by atoms with Crippen LogP contribution in [0.5, 0.6) is 5.75 Å². The van der Waals surface area contributed by atoms with Crippen LogP contribution in [-0.2, 0) is 9.84 Å². The van der Waals surface area contributed by atoms with Crippen molar-refractivity contribution in [3.8, 4) is 17.2 Å². The summed E-state index contributed by atoms with van der Waals surface area (Å²) in [5.41, 5.74) is 0.641. The molecular formula is C20H19FN2O4S. The summed E-state index contributed by atoms with van der Waals surface area (Å²) in [5, 5.41) is -0.146. The van der Waals surface area contributed by atoms with E-state index in [0.717, 1.165) is 25.0 Å². The lowest BCUT2D eigenvalue weighted by Gasteiger charge is -2.14. The Morgan fingerprint density at radius 2 is 1.68 bits per heavy atom. The number of rotatable bonds is 5. The van der Waals surface area contributed by atoms with Gasteiger partial charge in [0.2, 0.25) is 26.6 Å². The van der Waals surface area contributed by atoms with Crippen molar-refractivity contribution >= 4 is 15.7 Å². The lowest BCUT2D eigenvalue weighted by atomic mass is 10.2. The minimum absolute atomic E-state index is 0.0241. The SMILES string of the molecule is COc1ccc(-c2nc(S(=O)(=O)c3ccc(F)cc3)c(N3CCCC3)o2)cc1. The van der Waals surface area contributed by atoms with Gasteiger partial charge in [-0.3, -0.25) is 0 Å². The number of nitrogens with zero attached hydrogens (tertiary/aromatic N) is 2. The van der Waals surface area contributed by atoms with Gasteiger partial charge in [0.15, 0.2) is 0 Å². The van der Waals surface area contributed by atoms with E-state index in [0.29, 0.717) is 24.4 Å². The van der Waals surface area contributed by atoms with Gasteiger partial charge in [0.1, 0.15) is 11.6 Å². The first kappa shape index (κ1) is 18.5. The molecule has 2 aromatic carbocycles. The first-order chi connectivity index (χ1) is 13.5. The Hall–Kier alpha value is -2.87. The minimum atomic E-state index is -3.96. The van der Waals surface area contributed by atoms with Crippen molar-refractivity contribution in [1.29, 1.82) is 0 Å². The highest BCUT2D eigenvalue weighted by atomic mass is 32.2. The topological polar surface area (TPSA) is 72.6 Å². The van der Waals surface area contributed by atoms with E-state index in [4.69, 9.17) is 9.15 Å². The van der Waals surface area contributed by atoms with Crippen LogP contribution in [-0.4, -0.2) is 33.6 Å². The van der Waals surface area contributed by atoms with Crippen LogP contribution in [0.2, 0.25) is 0 Å². The van der Waals surface area contributed by atoms with Crippen molar-refractivity contribution in [2.45, 2.75) is 22.8 Å². The van der Waals surface area contributed by atoms with E-state index >= 15 is 0 Å². The number of halogens is 1. The van der Waals surface area contributed by atoms with Crippen molar-refractivity contribution in [3.05, 3.63) is 54.3 Å². The predicted molar refractivity (Wildman–Crippen MR) is 102 cm³/mol. The molecule has 0 radical (unpaired) electrons. The van der Waals surface area contributed by atoms with Crippen molar-refractivity contribution in [1.82, 2.24) is 4.98 Å². The van der Waals surface area contributed by atoms with Gasteiger partial charge >= 0.3 is 0 Å². The Bertz CT molecular complexity index is 1070. The van der Waals surface area contributed by atoms with Crippen LogP contribution in [0.4, 0.5) is 10.3 Å². The third-order valence-corrected chi connectivity index (χ3v) is 6.36. The van der Waals surface area contributed by atoms with E-state index in [-0.39, 0.29) is 21.7 Å². The second kappa shape index (κ2) is 7.27. The van der Waals surface area contributed by atoms with E-state index in [9.17, 15) is 12.8 Å². The Balaban J connectivity index is 1.82.